The zero-order valence-electron chi connectivity index (χ0n) is 9.99. The summed E-state index contributed by atoms with van der Waals surface area (Å²) in [5, 5.41) is 13.9. The van der Waals surface area contributed by atoms with Crippen LogP contribution in [-0.2, 0) is 0 Å². The first kappa shape index (κ1) is 12.5. The number of hydrogen-bond donors (Lipinski definition) is 1. The van der Waals surface area contributed by atoms with E-state index in [2.05, 4.69) is 19.2 Å². The third kappa shape index (κ3) is 3.53. The molecule has 1 N–H and O–H groups in total. The van der Waals surface area contributed by atoms with Crippen LogP contribution < -0.4 is 5.32 Å². The summed E-state index contributed by atoms with van der Waals surface area (Å²) in [5.41, 5.74) is 1.82. The molecule has 0 fully saturated rings. The van der Waals surface area contributed by atoms with Crippen LogP contribution in [0.1, 0.15) is 25.8 Å². The quantitative estimate of drug-likeness (QED) is 0.614. The van der Waals surface area contributed by atoms with Crippen molar-refractivity contribution in [3.05, 3.63) is 33.9 Å². The van der Waals surface area contributed by atoms with Crippen LogP contribution in [0.15, 0.2) is 18.2 Å². The highest BCUT2D eigenvalue weighted by atomic mass is 16.6. The van der Waals surface area contributed by atoms with Gasteiger partial charge in [-0.15, -0.1) is 0 Å². The van der Waals surface area contributed by atoms with E-state index in [1.54, 1.807) is 19.1 Å². The molecule has 0 amide bonds. The summed E-state index contributed by atoms with van der Waals surface area (Å²) in [7, 11) is 0. The van der Waals surface area contributed by atoms with E-state index in [4.69, 9.17) is 0 Å². The fraction of sp³-hybridized carbons (Fsp3) is 0.500. The molecule has 0 saturated carbocycles. The predicted octanol–water partition coefficient (Wildman–Crippen LogP) is 3.36. The van der Waals surface area contributed by atoms with Gasteiger partial charge in [-0.2, -0.15) is 0 Å². The topological polar surface area (TPSA) is 55.2 Å². The molecule has 0 heterocycles. The maximum Gasteiger partial charge on any atom is 0.272 e. The van der Waals surface area contributed by atoms with Gasteiger partial charge in [0.15, 0.2) is 0 Å². The molecule has 1 rings (SSSR count). The molecule has 0 aromatic heterocycles. The Kier molecular flexibility index (Phi) is 4.28. The average Bonchev–Trinajstić information content (AvgIpc) is 2.16. The first-order chi connectivity index (χ1) is 7.50. The van der Waals surface area contributed by atoms with E-state index >= 15 is 0 Å². The zero-order valence-corrected chi connectivity index (χ0v) is 9.99. The number of anilines is 1. The van der Waals surface area contributed by atoms with Crippen LogP contribution >= 0.6 is 0 Å². The molecule has 0 radical (unpaired) electrons. The molecule has 0 bridgehead atoms. The summed E-state index contributed by atoms with van der Waals surface area (Å²) < 4.78 is 0. The Hall–Kier alpha value is -1.58. The van der Waals surface area contributed by atoms with Crippen molar-refractivity contribution in [1.82, 2.24) is 0 Å². The molecule has 0 aliphatic carbocycles. The summed E-state index contributed by atoms with van der Waals surface area (Å²) in [4.78, 5) is 10.3. The fourth-order valence-corrected chi connectivity index (χ4v) is 1.48. The van der Waals surface area contributed by atoms with Crippen molar-refractivity contribution in [3.63, 3.8) is 0 Å². The van der Waals surface area contributed by atoms with Gasteiger partial charge in [-0.1, -0.05) is 13.8 Å². The highest BCUT2D eigenvalue weighted by Gasteiger charge is 2.09. The lowest BCUT2D eigenvalue weighted by atomic mass is 10.1. The maximum atomic E-state index is 10.6. The highest BCUT2D eigenvalue weighted by molar-refractivity contribution is 5.53. The van der Waals surface area contributed by atoms with Crippen LogP contribution in [0.4, 0.5) is 11.4 Å². The van der Waals surface area contributed by atoms with Crippen molar-refractivity contribution in [1.29, 1.82) is 0 Å². The molecule has 0 unspecified atom stereocenters. The number of hydrogen-bond acceptors (Lipinski definition) is 3. The third-order valence-electron chi connectivity index (χ3n) is 2.44. The monoisotopic (exact) mass is 222 g/mol. The van der Waals surface area contributed by atoms with Crippen molar-refractivity contribution in [2.75, 3.05) is 11.9 Å². The van der Waals surface area contributed by atoms with Crippen molar-refractivity contribution < 1.29 is 4.92 Å². The van der Waals surface area contributed by atoms with E-state index < -0.39 is 0 Å². The van der Waals surface area contributed by atoms with Gasteiger partial charge >= 0.3 is 0 Å². The molecule has 0 saturated heterocycles. The molecule has 0 aliphatic rings. The van der Waals surface area contributed by atoms with Gasteiger partial charge in [0.2, 0.25) is 0 Å². The minimum atomic E-state index is -0.354. The lowest BCUT2D eigenvalue weighted by Gasteiger charge is -2.08. The predicted molar refractivity (Wildman–Crippen MR) is 65.8 cm³/mol. The van der Waals surface area contributed by atoms with Crippen LogP contribution in [0.3, 0.4) is 0 Å². The summed E-state index contributed by atoms with van der Waals surface area (Å²) >= 11 is 0. The lowest BCUT2D eigenvalue weighted by molar-refractivity contribution is -0.385. The number of nitro benzene ring substituents is 1. The molecular weight excluding hydrogens is 204 g/mol. The van der Waals surface area contributed by atoms with Gasteiger partial charge in [-0.3, -0.25) is 10.1 Å². The number of nitrogens with zero attached hydrogens (tertiary/aromatic N) is 1. The van der Waals surface area contributed by atoms with E-state index in [0.717, 1.165) is 18.7 Å². The van der Waals surface area contributed by atoms with E-state index in [-0.39, 0.29) is 10.6 Å². The zero-order chi connectivity index (χ0) is 12.1. The summed E-state index contributed by atoms with van der Waals surface area (Å²) in [6.07, 6.45) is 1.09. The van der Waals surface area contributed by atoms with E-state index in [0.29, 0.717) is 11.5 Å². The van der Waals surface area contributed by atoms with Crippen molar-refractivity contribution in [2.24, 2.45) is 5.92 Å². The van der Waals surface area contributed by atoms with Crippen LogP contribution in [0.5, 0.6) is 0 Å². The van der Waals surface area contributed by atoms with Gasteiger partial charge in [-0.25, -0.2) is 0 Å². The van der Waals surface area contributed by atoms with Crippen LogP contribution in [0.2, 0.25) is 0 Å². The average molecular weight is 222 g/mol. The summed E-state index contributed by atoms with van der Waals surface area (Å²) in [6, 6.07) is 5.12. The molecule has 1 aromatic carbocycles. The molecule has 4 heteroatoms. The summed E-state index contributed by atoms with van der Waals surface area (Å²) in [5.74, 6) is 0.659. The Morgan fingerprint density at radius 2 is 2.12 bits per heavy atom. The Balaban J connectivity index is 2.63. The number of nitrogens with one attached hydrogen (secondary N) is 1. The third-order valence-corrected chi connectivity index (χ3v) is 2.44. The molecule has 0 aliphatic heterocycles. The van der Waals surface area contributed by atoms with Crippen molar-refractivity contribution in [3.8, 4) is 0 Å². The number of nitro groups is 1. The van der Waals surface area contributed by atoms with Gasteiger partial charge < -0.3 is 5.32 Å². The van der Waals surface area contributed by atoms with E-state index in [1.807, 2.05) is 6.07 Å². The molecule has 4 nitrogen and oxygen atoms in total. The fourth-order valence-electron chi connectivity index (χ4n) is 1.48. The second-order valence-electron chi connectivity index (χ2n) is 4.37. The molecule has 1 aromatic rings. The smallest absolute Gasteiger partial charge is 0.272 e. The van der Waals surface area contributed by atoms with Crippen LogP contribution in [0, 0.1) is 23.0 Å². The molecule has 0 spiro atoms. The maximum absolute atomic E-state index is 10.6. The second-order valence-corrected chi connectivity index (χ2v) is 4.37. The minimum Gasteiger partial charge on any atom is -0.385 e. The normalized spacial score (nSPS) is 10.5. The Morgan fingerprint density at radius 3 is 2.62 bits per heavy atom. The second kappa shape index (κ2) is 5.49. The van der Waals surface area contributed by atoms with Crippen LogP contribution in [0.25, 0.3) is 0 Å². The molecular formula is C12H18N2O2. The van der Waals surface area contributed by atoms with Gasteiger partial charge in [0.05, 0.1) is 4.92 Å². The number of benzene rings is 1. The SMILES string of the molecule is Cc1cc(NCCC(C)C)ccc1[N+](=O)[O-]. The first-order valence-corrected chi connectivity index (χ1v) is 5.49. The Labute approximate surface area is 95.8 Å². The van der Waals surface area contributed by atoms with Gasteiger partial charge in [0, 0.05) is 23.9 Å². The molecule has 16 heavy (non-hydrogen) atoms. The van der Waals surface area contributed by atoms with E-state index in [1.165, 1.54) is 0 Å². The molecule has 88 valence electrons. The van der Waals surface area contributed by atoms with Crippen LogP contribution in [-0.4, -0.2) is 11.5 Å². The van der Waals surface area contributed by atoms with E-state index in [9.17, 15) is 10.1 Å². The summed E-state index contributed by atoms with van der Waals surface area (Å²) in [6.45, 7) is 6.99. The number of rotatable bonds is 5. The Morgan fingerprint density at radius 1 is 1.44 bits per heavy atom. The van der Waals surface area contributed by atoms with Gasteiger partial charge in [0.1, 0.15) is 0 Å². The van der Waals surface area contributed by atoms with Gasteiger partial charge in [-0.05, 0) is 31.4 Å². The highest BCUT2D eigenvalue weighted by Crippen LogP contribution is 2.21. The van der Waals surface area contributed by atoms with Crippen molar-refractivity contribution in [2.45, 2.75) is 27.2 Å². The first-order valence-electron chi connectivity index (χ1n) is 5.49. The number of aryl methyl sites for hydroxylation is 1. The van der Waals surface area contributed by atoms with Gasteiger partial charge in [0.25, 0.3) is 5.69 Å². The van der Waals surface area contributed by atoms with Crippen molar-refractivity contribution >= 4 is 11.4 Å². The minimum absolute atomic E-state index is 0.175. The molecule has 0 atom stereocenters. The Bertz CT molecular complexity index is 375. The standard InChI is InChI=1S/C12H18N2O2/c1-9(2)6-7-13-11-4-5-12(14(15)16)10(3)8-11/h4-5,8-9,13H,6-7H2,1-3H3. The lowest BCUT2D eigenvalue weighted by Crippen LogP contribution is -2.05. The largest absolute Gasteiger partial charge is 0.385 e.